The third-order valence-electron chi connectivity index (χ3n) is 7.64. The highest BCUT2D eigenvalue weighted by atomic mass is 16.1. The second kappa shape index (κ2) is 9.07. The first-order valence-electron chi connectivity index (χ1n) is 13.0. The number of aromatic amines is 1. The first-order chi connectivity index (χ1) is 17.9. The van der Waals surface area contributed by atoms with E-state index in [1.807, 2.05) is 50.2 Å². The number of benzene rings is 3. The predicted octanol–water partition coefficient (Wildman–Crippen LogP) is 7.31. The molecule has 1 aliphatic rings. The van der Waals surface area contributed by atoms with E-state index >= 15 is 0 Å². The summed E-state index contributed by atoms with van der Waals surface area (Å²) in [5.74, 6) is 0.529. The van der Waals surface area contributed by atoms with Crippen LogP contribution in [0.5, 0.6) is 0 Å². The lowest BCUT2D eigenvalue weighted by atomic mass is 9.91. The van der Waals surface area contributed by atoms with E-state index < -0.39 is 0 Å². The van der Waals surface area contributed by atoms with Crippen LogP contribution < -0.4 is 10.2 Å². The fourth-order valence-electron chi connectivity index (χ4n) is 5.58. The average Bonchev–Trinajstić information content (AvgIpc) is 3.24. The molecule has 1 fully saturated rings. The van der Waals surface area contributed by atoms with Gasteiger partial charge in [0.2, 0.25) is 0 Å². The minimum absolute atomic E-state index is 0.174. The molecule has 5 heteroatoms. The molecule has 3 heterocycles. The van der Waals surface area contributed by atoms with E-state index in [2.05, 4.69) is 65.4 Å². The second-order valence-corrected chi connectivity index (χ2v) is 10.5. The molecule has 0 unspecified atom stereocenters. The lowest BCUT2D eigenvalue weighted by molar-refractivity contribution is 0.102. The van der Waals surface area contributed by atoms with Gasteiger partial charge in [-0.05, 0) is 54.7 Å². The van der Waals surface area contributed by atoms with E-state index in [9.17, 15) is 4.79 Å². The van der Waals surface area contributed by atoms with E-state index in [1.165, 1.54) is 11.3 Å². The van der Waals surface area contributed by atoms with Crippen molar-refractivity contribution in [2.24, 2.45) is 0 Å². The molecule has 0 aliphatic carbocycles. The molecule has 0 saturated carbocycles. The highest BCUT2D eigenvalue weighted by Gasteiger charge is 2.33. The van der Waals surface area contributed by atoms with Gasteiger partial charge in [-0.3, -0.25) is 4.79 Å². The van der Waals surface area contributed by atoms with Crippen molar-refractivity contribution in [3.8, 4) is 0 Å². The monoisotopic (exact) mass is 488 g/mol. The molecular formula is C32H32N4O. The molecule has 3 aromatic carbocycles. The van der Waals surface area contributed by atoms with Gasteiger partial charge in [0.15, 0.2) is 0 Å². The van der Waals surface area contributed by atoms with Crippen molar-refractivity contribution in [1.29, 1.82) is 0 Å². The molecule has 0 bridgehead atoms. The number of nitrogens with zero attached hydrogens (tertiary/aromatic N) is 2. The van der Waals surface area contributed by atoms with Crippen LogP contribution in [0.15, 0.2) is 72.8 Å². The number of hydrogen-bond donors (Lipinski definition) is 2. The van der Waals surface area contributed by atoms with Gasteiger partial charge in [0, 0.05) is 46.7 Å². The summed E-state index contributed by atoms with van der Waals surface area (Å²) in [7, 11) is 0. The summed E-state index contributed by atoms with van der Waals surface area (Å²) in [4.78, 5) is 24.5. The van der Waals surface area contributed by atoms with Gasteiger partial charge >= 0.3 is 0 Å². The van der Waals surface area contributed by atoms with Gasteiger partial charge in [0.25, 0.3) is 5.91 Å². The number of anilines is 2. The van der Waals surface area contributed by atoms with Crippen molar-refractivity contribution < 1.29 is 4.79 Å². The van der Waals surface area contributed by atoms with Crippen molar-refractivity contribution in [2.45, 2.75) is 39.5 Å². The quantitative estimate of drug-likeness (QED) is 0.273. The maximum atomic E-state index is 13.5. The lowest BCUT2D eigenvalue weighted by Gasteiger charge is -2.42. The number of nitrogens with one attached hydrogen (secondary N) is 2. The molecule has 1 saturated heterocycles. The number of hydrogen-bond acceptors (Lipinski definition) is 3. The number of rotatable bonds is 5. The van der Waals surface area contributed by atoms with Crippen molar-refractivity contribution in [2.75, 3.05) is 23.3 Å². The standard InChI is InChI=1S/C32H32N4O/c1-19(2)23-12-6-8-15-28(23)36-17-22(18-36)30-31-25(24-13-5-7-14-26(24)33-31)16-27(34-30)32(37)35-29-20(3)10-9-11-21(29)4/h5-16,19,22,33H,17-18H2,1-4H3,(H,35,37). The third kappa shape index (κ3) is 4.05. The molecule has 2 aromatic heterocycles. The second-order valence-electron chi connectivity index (χ2n) is 10.5. The third-order valence-corrected chi connectivity index (χ3v) is 7.64. The molecule has 0 atom stereocenters. The molecule has 186 valence electrons. The van der Waals surface area contributed by atoms with E-state index in [-0.39, 0.29) is 11.8 Å². The Labute approximate surface area is 217 Å². The average molecular weight is 489 g/mol. The van der Waals surface area contributed by atoms with Gasteiger partial charge in [0.1, 0.15) is 5.69 Å². The van der Waals surface area contributed by atoms with Crippen molar-refractivity contribution >= 4 is 39.1 Å². The van der Waals surface area contributed by atoms with Crippen LogP contribution in [0, 0.1) is 13.8 Å². The minimum Gasteiger partial charge on any atom is -0.370 e. The van der Waals surface area contributed by atoms with Gasteiger partial charge in [-0.2, -0.15) is 0 Å². The molecule has 0 radical (unpaired) electrons. The zero-order valence-corrected chi connectivity index (χ0v) is 21.8. The number of aryl methyl sites for hydroxylation is 2. The van der Waals surface area contributed by atoms with Crippen LogP contribution in [0.1, 0.15) is 58.6 Å². The Bertz CT molecular complexity index is 1620. The van der Waals surface area contributed by atoms with E-state index in [1.54, 1.807) is 0 Å². The summed E-state index contributed by atoms with van der Waals surface area (Å²) in [5.41, 5.74) is 9.13. The zero-order chi connectivity index (χ0) is 25.7. The number of H-pyrrole nitrogens is 1. The minimum atomic E-state index is -0.174. The zero-order valence-electron chi connectivity index (χ0n) is 21.8. The SMILES string of the molecule is Cc1cccc(C)c1NC(=O)c1cc2c([nH]c3ccccc32)c(C2CN(c3ccccc3C(C)C)C2)n1. The number of aromatic nitrogens is 2. The van der Waals surface area contributed by atoms with Crippen molar-refractivity contribution in [3.63, 3.8) is 0 Å². The Balaban J connectivity index is 1.39. The Morgan fingerprint density at radius 1 is 0.946 bits per heavy atom. The normalized spacial score (nSPS) is 13.9. The Hall–Kier alpha value is -4.12. The van der Waals surface area contributed by atoms with Crippen molar-refractivity contribution in [1.82, 2.24) is 9.97 Å². The highest BCUT2D eigenvalue weighted by Crippen LogP contribution is 2.39. The number of para-hydroxylation sites is 3. The largest absolute Gasteiger partial charge is 0.370 e. The van der Waals surface area contributed by atoms with Crippen LogP contribution in [0.4, 0.5) is 11.4 Å². The maximum Gasteiger partial charge on any atom is 0.274 e. The highest BCUT2D eigenvalue weighted by molar-refractivity contribution is 6.12. The molecular weight excluding hydrogens is 456 g/mol. The van der Waals surface area contributed by atoms with Gasteiger partial charge in [-0.1, -0.05) is 68.4 Å². The van der Waals surface area contributed by atoms with E-state index in [0.717, 1.165) is 57.4 Å². The lowest BCUT2D eigenvalue weighted by Crippen LogP contribution is -2.46. The van der Waals surface area contributed by atoms with Gasteiger partial charge in [-0.25, -0.2) is 4.98 Å². The summed E-state index contributed by atoms with van der Waals surface area (Å²) in [6, 6.07) is 24.9. The van der Waals surface area contributed by atoms with Crippen LogP contribution in [0.3, 0.4) is 0 Å². The molecule has 5 aromatic rings. The fourth-order valence-corrected chi connectivity index (χ4v) is 5.58. The molecule has 1 aliphatic heterocycles. The van der Waals surface area contributed by atoms with Crippen LogP contribution in [-0.2, 0) is 0 Å². The summed E-state index contributed by atoms with van der Waals surface area (Å²) < 4.78 is 0. The molecule has 5 nitrogen and oxygen atoms in total. The first-order valence-corrected chi connectivity index (χ1v) is 13.0. The summed E-state index contributed by atoms with van der Waals surface area (Å²) in [5, 5.41) is 5.30. The number of pyridine rings is 1. The van der Waals surface area contributed by atoms with Crippen LogP contribution in [-0.4, -0.2) is 29.0 Å². The topological polar surface area (TPSA) is 61.0 Å². The maximum absolute atomic E-state index is 13.5. The molecule has 1 amide bonds. The predicted molar refractivity (Wildman–Crippen MR) is 153 cm³/mol. The molecule has 2 N–H and O–H groups in total. The first kappa shape index (κ1) is 23.3. The van der Waals surface area contributed by atoms with E-state index in [4.69, 9.17) is 4.98 Å². The van der Waals surface area contributed by atoms with Gasteiger partial charge in [-0.15, -0.1) is 0 Å². The Morgan fingerprint density at radius 2 is 1.65 bits per heavy atom. The summed E-state index contributed by atoms with van der Waals surface area (Å²) in [6.45, 7) is 10.3. The Kier molecular flexibility index (Phi) is 5.71. The molecule has 0 spiro atoms. The van der Waals surface area contributed by atoms with Crippen LogP contribution in [0.25, 0.3) is 21.8 Å². The van der Waals surface area contributed by atoms with Crippen LogP contribution in [0.2, 0.25) is 0 Å². The summed E-state index contributed by atoms with van der Waals surface area (Å²) in [6.07, 6.45) is 0. The van der Waals surface area contributed by atoms with Gasteiger partial charge in [0.05, 0.1) is 11.2 Å². The number of carbonyl (C=O) groups is 1. The number of fused-ring (bicyclic) bond motifs is 3. The smallest absolute Gasteiger partial charge is 0.274 e. The molecule has 37 heavy (non-hydrogen) atoms. The van der Waals surface area contributed by atoms with Gasteiger partial charge < -0.3 is 15.2 Å². The number of amides is 1. The Morgan fingerprint density at radius 3 is 2.41 bits per heavy atom. The van der Waals surface area contributed by atoms with E-state index in [0.29, 0.717) is 11.6 Å². The van der Waals surface area contributed by atoms with Crippen molar-refractivity contribution in [3.05, 3.63) is 101 Å². The molecule has 6 rings (SSSR count). The summed E-state index contributed by atoms with van der Waals surface area (Å²) >= 11 is 0. The number of carbonyl (C=O) groups excluding carboxylic acids is 1. The fraction of sp³-hybridized carbons (Fsp3) is 0.250. The van der Waals surface area contributed by atoms with Crippen LogP contribution >= 0.6 is 0 Å².